The van der Waals surface area contributed by atoms with Gasteiger partial charge in [-0.2, -0.15) is 0 Å². The fraction of sp³-hybridized carbons (Fsp3) is 0.308. The first-order valence-electron chi connectivity index (χ1n) is 6.41. The van der Waals surface area contributed by atoms with Gasteiger partial charge in [0.05, 0.1) is 16.4 Å². The van der Waals surface area contributed by atoms with Crippen LogP contribution >= 0.6 is 15.9 Å². The Morgan fingerprint density at radius 3 is 2.15 bits per heavy atom. The van der Waals surface area contributed by atoms with Gasteiger partial charge in [0.25, 0.3) is 0 Å². The lowest BCUT2D eigenvalue weighted by Crippen LogP contribution is -2.47. The lowest BCUT2D eigenvalue weighted by molar-refractivity contribution is 0.634. The van der Waals surface area contributed by atoms with Gasteiger partial charge in [-0.15, -0.1) is 0 Å². The molecular formula is C13H15BrN6. The summed E-state index contributed by atoms with van der Waals surface area (Å²) in [5, 5.41) is 0. The van der Waals surface area contributed by atoms with Crippen LogP contribution in [0.15, 0.2) is 35.2 Å². The first-order valence-corrected chi connectivity index (χ1v) is 7.20. The second kappa shape index (κ2) is 5.62. The Morgan fingerprint density at radius 1 is 0.900 bits per heavy atom. The summed E-state index contributed by atoms with van der Waals surface area (Å²) in [5.74, 6) is 1.74. The van der Waals surface area contributed by atoms with Gasteiger partial charge in [0, 0.05) is 38.6 Å². The summed E-state index contributed by atoms with van der Waals surface area (Å²) in [6.07, 6.45) is 5.24. The van der Waals surface area contributed by atoms with Gasteiger partial charge in [0.2, 0.25) is 5.95 Å². The Kier molecular flexibility index (Phi) is 3.68. The summed E-state index contributed by atoms with van der Waals surface area (Å²) in [7, 11) is 0. The van der Waals surface area contributed by atoms with Crippen molar-refractivity contribution in [2.45, 2.75) is 0 Å². The molecule has 0 radical (unpaired) electrons. The van der Waals surface area contributed by atoms with Crippen LogP contribution in [0.5, 0.6) is 0 Å². The van der Waals surface area contributed by atoms with Crippen molar-refractivity contribution in [3.8, 4) is 0 Å². The number of nitrogens with two attached hydrogens (primary N) is 1. The third-order valence-electron chi connectivity index (χ3n) is 3.26. The Labute approximate surface area is 125 Å². The van der Waals surface area contributed by atoms with Crippen LogP contribution in [0.25, 0.3) is 0 Å². The number of anilines is 3. The van der Waals surface area contributed by atoms with Crippen LogP contribution in [0.4, 0.5) is 17.5 Å². The molecule has 0 aliphatic carbocycles. The van der Waals surface area contributed by atoms with Crippen LogP contribution in [0.3, 0.4) is 0 Å². The number of halogens is 1. The molecule has 0 aromatic carbocycles. The number of aromatic nitrogens is 3. The Hall–Kier alpha value is -1.89. The zero-order valence-corrected chi connectivity index (χ0v) is 12.5. The number of rotatable bonds is 2. The molecule has 0 bridgehead atoms. The molecule has 0 saturated carbocycles. The van der Waals surface area contributed by atoms with Crippen LogP contribution < -0.4 is 15.5 Å². The highest BCUT2D eigenvalue weighted by Gasteiger charge is 2.19. The van der Waals surface area contributed by atoms with Gasteiger partial charge in [-0.3, -0.25) is 0 Å². The van der Waals surface area contributed by atoms with Crippen molar-refractivity contribution in [2.75, 3.05) is 41.7 Å². The average Bonchev–Trinajstić information content (AvgIpc) is 2.49. The summed E-state index contributed by atoms with van der Waals surface area (Å²) in [4.78, 5) is 17.4. The van der Waals surface area contributed by atoms with E-state index in [1.807, 2.05) is 12.1 Å². The molecule has 1 saturated heterocycles. The first kappa shape index (κ1) is 13.1. The topological polar surface area (TPSA) is 71.2 Å². The molecule has 1 aliphatic rings. The molecule has 0 unspecified atom stereocenters. The zero-order chi connectivity index (χ0) is 13.9. The molecule has 1 fully saturated rings. The minimum absolute atomic E-state index is 0.690. The normalized spacial score (nSPS) is 15.4. The summed E-state index contributed by atoms with van der Waals surface area (Å²) in [5.41, 5.74) is 6.35. The SMILES string of the molecule is Nc1ccc(N2CCN(c3ncc(Br)cn3)CC2)nc1. The van der Waals surface area contributed by atoms with E-state index in [0.717, 1.165) is 42.4 Å². The molecule has 104 valence electrons. The largest absolute Gasteiger partial charge is 0.397 e. The Balaban J connectivity index is 1.64. The van der Waals surface area contributed by atoms with E-state index in [-0.39, 0.29) is 0 Å². The molecule has 2 aromatic rings. The minimum atomic E-state index is 0.690. The van der Waals surface area contributed by atoms with Gasteiger partial charge < -0.3 is 15.5 Å². The predicted octanol–water partition coefficient (Wildman–Crippen LogP) is 1.54. The lowest BCUT2D eigenvalue weighted by Gasteiger charge is -2.35. The number of piperazine rings is 1. The zero-order valence-electron chi connectivity index (χ0n) is 10.9. The highest BCUT2D eigenvalue weighted by molar-refractivity contribution is 9.10. The number of nitrogens with zero attached hydrogens (tertiary/aromatic N) is 5. The fourth-order valence-corrected chi connectivity index (χ4v) is 2.39. The van der Waals surface area contributed by atoms with E-state index >= 15 is 0 Å². The molecule has 3 rings (SSSR count). The molecule has 0 amide bonds. The van der Waals surface area contributed by atoms with Crippen molar-refractivity contribution in [2.24, 2.45) is 0 Å². The van der Waals surface area contributed by atoms with E-state index in [9.17, 15) is 0 Å². The maximum atomic E-state index is 5.66. The van der Waals surface area contributed by atoms with E-state index in [2.05, 4.69) is 40.7 Å². The monoisotopic (exact) mass is 334 g/mol. The van der Waals surface area contributed by atoms with Crippen LogP contribution in [-0.4, -0.2) is 41.1 Å². The minimum Gasteiger partial charge on any atom is -0.397 e. The van der Waals surface area contributed by atoms with E-state index in [4.69, 9.17) is 5.73 Å². The van der Waals surface area contributed by atoms with Crippen molar-refractivity contribution in [3.05, 3.63) is 35.2 Å². The third-order valence-corrected chi connectivity index (χ3v) is 3.67. The van der Waals surface area contributed by atoms with Crippen LogP contribution in [-0.2, 0) is 0 Å². The van der Waals surface area contributed by atoms with Crippen LogP contribution in [0.2, 0.25) is 0 Å². The maximum Gasteiger partial charge on any atom is 0.225 e. The quantitative estimate of drug-likeness (QED) is 0.898. The van der Waals surface area contributed by atoms with E-state index in [1.54, 1.807) is 18.6 Å². The van der Waals surface area contributed by atoms with Gasteiger partial charge >= 0.3 is 0 Å². The average molecular weight is 335 g/mol. The van der Waals surface area contributed by atoms with Crippen molar-refractivity contribution in [1.82, 2.24) is 15.0 Å². The van der Waals surface area contributed by atoms with Gasteiger partial charge in [-0.1, -0.05) is 0 Å². The molecule has 0 atom stereocenters. The van der Waals surface area contributed by atoms with Crippen molar-refractivity contribution in [1.29, 1.82) is 0 Å². The van der Waals surface area contributed by atoms with Crippen LogP contribution in [0, 0.1) is 0 Å². The Morgan fingerprint density at radius 2 is 1.55 bits per heavy atom. The summed E-state index contributed by atoms with van der Waals surface area (Å²) in [6.45, 7) is 3.56. The molecule has 7 heteroatoms. The van der Waals surface area contributed by atoms with Crippen LogP contribution in [0.1, 0.15) is 0 Å². The van der Waals surface area contributed by atoms with E-state index in [0.29, 0.717) is 5.69 Å². The van der Waals surface area contributed by atoms with Gasteiger partial charge in [0.1, 0.15) is 5.82 Å². The molecule has 20 heavy (non-hydrogen) atoms. The molecule has 1 aliphatic heterocycles. The molecular weight excluding hydrogens is 320 g/mol. The van der Waals surface area contributed by atoms with E-state index in [1.165, 1.54) is 0 Å². The van der Waals surface area contributed by atoms with Gasteiger partial charge in [-0.05, 0) is 28.1 Å². The number of pyridine rings is 1. The number of nitrogen functional groups attached to an aromatic ring is 1. The molecule has 2 aromatic heterocycles. The number of hydrogen-bond donors (Lipinski definition) is 1. The van der Waals surface area contributed by atoms with Gasteiger partial charge in [0.15, 0.2) is 0 Å². The van der Waals surface area contributed by atoms with Crippen molar-refractivity contribution in [3.63, 3.8) is 0 Å². The van der Waals surface area contributed by atoms with Crippen molar-refractivity contribution >= 4 is 33.4 Å². The molecule has 0 spiro atoms. The number of hydrogen-bond acceptors (Lipinski definition) is 6. The van der Waals surface area contributed by atoms with Gasteiger partial charge in [-0.25, -0.2) is 15.0 Å². The molecule has 6 nitrogen and oxygen atoms in total. The summed E-state index contributed by atoms with van der Waals surface area (Å²) in [6, 6.07) is 3.84. The van der Waals surface area contributed by atoms with E-state index < -0.39 is 0 Å². The second-order valence-corrected chi connectivity index (χ2v) is 5.54. The highest BCUT2D eigenvalue weighted by atomic mass is 79.9. The summed E-state index contributed by atoms with van der Waals surface area (Å²) < 4.78 is 0.894. The third kappa shape index (κ3) is 2.82. The fourth-order valence-electron chi connectivity index (χ4n) is 2.19. The molecule has 2 N–H and O–H groups in total. The Bertz CT molecular complexity index is 509. The lowest BCUT2D eigenvalue weighted by atomic mass is 10.3. The first-order chi connectivity index (χ1) is 9.72. The standard InChI is InChI=1S/C13H15BrN6/c14-10-7-17-13(18-8-10)20-5-3-19(4-6-20)12-2-1-11(15)9-16-12/h1-2,7-9H,3-6,15H2. The second-order valence-electron chi connectivity index (χ2n) is 4.63. The molecule has 3 heterocycles. The maximum absolute atomic E-state index is 5.66. The van der Waals surface area contributed by atoms with Crippen molar-refractivity contribution < 1.29 is 0 Å². The smallest absolute Gasteiger partial charge is 0.225 e. The highest BCUT2D eigenvalue weighted by Crippen LogP contribution is 2.17. The summed E-state index contributed by atoms with van der Waals surface area (Å²) >= 11 is 3.35. The predicted molar refractivity (Wildman–Crippen MR) is 82.8 cm³/mol.